The van der Waals surface area contributed by atoms with E-state index in [-0.39, 0.29) is 5.75 Å². The number of aromatic hydroxyl groups is 1. The summed E-state index contributed by atoms with van der Waals surface area (Å²) >= 11 is 0. The molecule has 1 atom stereocenters. The Labute approximate surface area is 99.5 Å². The van der Waals surface area contributed by atoms with Crippen LogP contribution in [0.5, 0.6) is 5.75 Å². The average molecular weight is 229 g/mol. The molecule has 0 saturated carbocycles. The summed E-state index contributed by atoms with van der Waals surface area (Å²) in [6, 6.07) is 7.19. The zero-order valence-corrected chi connectivity index (χ0v) is 9.48. The van der Waals surface area contributed by atoms with E-state index in [9.17, 15) is 5.11 Å². The van der Waals surface area contributed by atoms with Gasteiger partial charge in [-0.05, 0) is 31.5 Å². The second-order valence-corrected chi connectivity index (χ2v) is 4.49. The highest BCUT2D eigenvalue weighted by molar-refractivity contribution is 5.67. The quantitative estimate of drug-likeness (QED) is 0.734. The van der Waals surface area contributed by atoms with Gasteiger partial charge in [0.05, 0.1) is 5.69 Å². The molecule has 1 aromatic heterocycles. The van der Waals surface area contributed by atoms with Crippen LogP contribution in [0, 0.1) is 0 Å². The number of hydrogen-bond acceptors (Lipinski definition) is 3. The standard InChI is InChI=1S/C13H15N3O/c14-7-9-4-5-11-12(9)13(16-15-11)8-2-1-3-10(17)6-8/h1-3,6,9,17H,4-5,7,14H2,(H,15,16). The molecule has 0 amide bonds. The van der Waals surface area contributed by atoms with Crippen molar-refractivity contribution in [3.63, 3.8) is 0 Å². The lowest BCUT2D eigenvalue weighted by atomic mass is 9.98. The number of H-pyrrole nitrogens is 1. The second kappa shape index (κ2) is 3.89. The van der Waals surface area contributed by atoms with Crippen LogP contribution in [0.25, 0.3) is 11.3 Å². The van der Waals surface area contributed by atoms with Crippen LogP contribution in [0.2, 0.25) is 0 Å². The molecular formula is C13H15N3O. The van der Waals surface area contributed by atoms with E-state index in [0.717, 1.165) is 24.1 Å². The summed E-state index contributed by atoms with van der Waals surface area (Å²) in [5.41, 5.74) is 10.1. The number of nitrogens with two attached hydrogens (primary N) is 1. The van der Waals surface area contributed by atoms with Crippen LogP contribution in [0.15, 0.2) is 24.3 Å². The van der Waals surface area contributed by atoms with Crippen molar-refractivity contribution in [3.05, 3.63) is 35.5 Å². The number of aromatic nitrogens is 2. The third-order valence-electron chi connectivity index (χ3n) is 3.44. The number of hydrogen-bond donors (Lipinski definition) is 3. The van der Waals surface area contributed by atoms with Crippen molar-refractivity contribution in [2.24, 2.45) is 5.73 Å². The molecule has 1 unspecified atom stereocenters. The molecule has 0 saturated heterocycles. The van der Waals surface area contributed by atoms with Crippen LogP contribution in [0.4, 0.5) is 0 Å². The number of nitrogens with one attached hydrogen (secondary N) is 1. The second-order valence-electron chi connectivity index (χ2n) is 4.49. The Bertz CT molecular complexity index is 547. The predicted octanol–water partition coefficient (Wildman–Crippen LogP) is 1.77. The van der Waals surface area contributed by atoms with Gasteiger partial charge in [0.25, 0.3) is 0 Å². The Hall–Kier alpha value is -1.81. The molecule has 1 aliphatic rings. The van der Waals surface area contributed by atoms with Crippen LogP contribution >= 0.6 is 0 Å². The number of phenols is 1. The van der Waals surface area contributed by atoms with Crippen molar-refractivity contribution in [1.82, 2.24) is 10.2 Å². The minimum absolute atomic E-state index is 0.265. The van der Waals surface area contributed by atoms with Crippen LogP contribution in [0.3, 0.4) is 0 Å². The topological polar surface area (TPSA) is 74.9 Å². The number of nitrogens with zero attached hydrogens (tertiary/aromatic N) is 1. The van der Waals surface area contributed by atoms with Crippen molar-refractivity contribution in [2.75, 3.05) is 6.54 Å². The van der Waals surface area contributed by atoms with Gasteiger partial charge < -0.3 is 10.8 Å². The Morgan fingerprint density at radius 2 is 2.35 bits per heavy atom. The van der Waals surface area contributed by atoms with Gasteiger partial charge in [-0.15, -0.1) is 0 Å². The lowest BCUT2D eigenvalue weighted by Gasteiger charge is -2.08. The van der Waals surface area contributed by atoms with Crippen molar-refractivity contribution >= 4 is 0 Å². The van der Waals surface area contributed by atoms with Gasteiger partial charge in [0, 0.05) is 22.7 Å². The third-order valence-corrected chi connectivity index (χ3v) is 3.44. The Balaban J connectivity index is 2.11. The van der Waals surface area contributed by atoms with Gasteiger partial charge in [-0.2, -0.15) is 5.10 Å². The first-order valence-electron chi connectivity index (χ1n) is 5.86. The number of phenolic OH excluding ortho intramolecular Hbond substituents is 1. The molecule has 1 heterocycles. The lowest BCUT2D eigenvalue weighted by Crippen LogP contribution is -2.09. The number of aromatic amines is 1. The molecular weight excluding hydrogens is 214 g/mol. The van der Waals surface area contributed by atoms with E-state index >= 15 is 0 Å². The zero-order valence-electron chi connectivity index (χ0n) is 9.48. The molecule has 88 valence electrons. The summed E-state index contributed by atoms with van der Waals surface area (Å²) in [7, 11) is 0. The number of benzene rings is 1. The maximum Gasteiger partial charge on any atom is 0.116 e. The fourth-order valence-corrected chi connectivity index (χ4v) is 2.59. The largest absolute Gasteiger partial charge is 0.508 e. The minimum atomic E-state index is 0.265. The fourth-order valence-electron chi connectivity index (χ4n) is 2.59. The summed E-state index contributed by atoms with van der Waals surface area (Å²) in [6.07, 6.45) is 2.11. The third kappa shape index (κ3) is 1.61. The van der Waals surface area contributed by atoms with E-state index in [4.69, 9.17) is 5.73 Å². The summed E-state index contributed by atoms with van der Waals surface area (Å²) in [5, 5.41) is 17.0. The van der Waals surface area contributed by atoms with Gasteiger partial charge in [0.15, 0.2) is 0 Å². The van der Waals surface area contributed by atoms with Crippen LogP contribution in [-0.4, -0.2) is 21.8 Å². The molecule has 17 heavy (non-hydrogen) atoms. The highest BCUT2D eigenvalue weighted by Gasteiger charge is 2.27. The molecule has 1 aromatic carbocycles. The molecule has 4 heteroatoms. The first-order chi connectivity index (χ1) is 8.29. The fraction of sp³-hybridized carbons (Fsp3) is 0.308. The molecule has 0 bridgehead atoms. The molecule has 0 spiro atoms. The van der Waals surface area contributed by atoms with E-state index in [0.29, 0.717) is 12.5 Å². The van der Waals surface area contributed by atoms with Crippen molar-refractivity contribution < 1.29 is 5.11 Å². The van der Waals surface area contributed by atoms with Crippen LogP contribution in [0.1, 0.15) is 23.6 Å². The lowest BCUT2D eigenvalue weighted by molar-refractivity contribution is 0.475. The van der Waals surface area contributed by atoms with E-state index in [1.54, 1.807) is 12.1 Å². The molecule has 1 aliphatic carbocycles. The van der Waals surface area contributed by atoms with Gasteiger partial charge in [0.1, 0.15) is 5.75 Å². The molecule has 0 fully saturated rings. The van der Waals surface area contributed by atoms with E-state index in [1.807, 2.05) is 12.1 Å². The number of aryl methyl sites for hydroxylation is 1. The number of fused-ring (bicyclic) bond motifs is 1. The van der Waals surface area contributed by atoms with Gasteiger partial charge >= 0.3 is 0 Å². The van der Waals surface area contributed by atoms with Crippen LogP contribution in [-0.2, 0) is 6.42 Å². The molecule has 2 aromatic rings. The van der Waals surface area contributed by atoms with Gasteiger partial charge in [-0.25, -0.2) is 0 Å². The summed E-state index contributed by atoms with van der Waals surface area (Å²) < 4.78 is 0. The summed E-state index contributed by atoms with van der Waals surface area (Å²) in [4.78, 5) is 0. The highest BCUT2D eigenvalue weighted by Crippen LogP contribution is 2.38. The molecule has 0 radical (unpaired) electrons. The maximum atomic E-state index is 9.52. The minimum Gasteiger partial charge on any atom is -0.508 e. The average Bonchev–Trinajstić information content (AvgIpc) is 2.89. The highest BCUT2D eigenvalue weighted by atomic mass is 16.3. The van der Waals surface area contributed by atoms with E-state index in [1.165, 1.54) is 11.3 Å². The summed E-state index contributed by atoms with van der Waals surface area (Å²) in [6.45, 7) is 0.651. The van der Waals surface area contributed by atoms with Gasteiger partial charge in [-0.3, -0.25) is 5.10 Å². The maximum absolute atomic E-state index is 9.52. The predicted molar refractivity (Wildman–Crippen MR) is 65.8 cm³/mol. The molecule has 3 rings (SSSR count). The van der Waals surface area contributed by atoms with Crippen molar-refractivity contribution in [3.8, 4) is 17.0 Å². The van der Waals surface area contributed by atoms with Gasteiger partial charge in [0.2, 0.25) is 0 Å². The van der Waals surface area contributed by atoms with Crippen molar-refractivity contribution in [1.29, 1.82) is 0 Å². The first kappa shape index (κ1) is 10.4. The van der Waals surface area contributed by atoms with Crippen molar-refractivity contribution in [2.45, 2.75) is 18.8 Å². The molecule has 4 N–H and O–H groups in total. The van der Waals surface area contributed by atoms with E-state index < -0.39 is 0 Å². The normalized spacial score (nSPS) is 18.3. The number of rotatable bonds is 2. The Morgan fingerprint density at radius 1 is 1.47 bits per heavy atom. The van der Waals surface area contributed by atoms with E-state index in [2.05, 4.69) is 10.2 Å². The molecule has 4 nitrogen and oxygen atoms in total. The first-order valence-corrected chi connectivity index (χ1v) is 5.86. The Morgan fingerprint density at radius 3 is 3.12 bits per heavy atom. The molecule has 0 aliphatic heterocycles. The SMILES string of the molecule is NCC1CCc2[nH]nc(-c3cccc(O)c3)c21. The van der Waals surface area contributed by atoms with Crippen LogP contribution < -0.4 is 5.73 Å². The summed E-state index contributed by atoms with van der Waals surface area (Å²) in [5.74, 6) is 0.655. The zero-order chi connectivity index (χ0) is 11.8. The Kier molecular flexibility index (Phi) is 2.37. The van der Waals surface area contributed by atoms with Gasteiger partial charge in [-0.1, -0.05) is 12.1 Å². The monoisotopic (exact) mass is 229 g/mol. The smallest absolute Gasteiger partial charge is 0.116 e.